The Bertz CT molecular complexity index is 1380. The molecule has 0 bridgehead atoms. The number of hydrogen-bond acceptors (Lipinski definition) is 10. The van der Waals surface area contributed by atoms with Gasteiger partial charge in [-0.15, -0.1) is 11.3 Å². The fraction of sp³-hybridized carbons (Fsp3) is 0.556. The van der Waals surface area contributed by atoms with E-state index in [2.05, 4.69) is 20.4 Å². The second kappa shape index (κ2) is 12.4. The van der Waals surface area contributed by atoms with Crippen LogP contribution in [0, 0.1) is 0 Å². The van der Waals surface area contributed by atoms with Crippen LogP contribution in [0.2, 0.25) is 0 Å². The zero-order chi connectivity index (χ0) is 29.1. The van der Waals surface area contributed by atoms with Crippen molar-refractivity contribution in [3.63, 3.8) is 0 Å². The molecule has 2 atom stereocenters. The van der Waals surface area contributed by atoms with Crippen molar-refractivity contribution in [2.75, 3.05) is 52.3 Å². The summed E-state index contributed by atoms with van der Waals surface area (Å²) in [5.41, 5.74) is 0.464. The average Bonchev–Trinajstić information content (AvgIpc) is 3.53. The molecule has 41 heavy (non-hydrogen) atoms. The van der Waals surface area contributed by atoms with Crippen LogP contribution < -0.4 is 5.32 Å². The number of sulfone groups is 1. The Balaban J connectivity index is 1.25. The van der Waals surface area contributed by atoms with Crippen molar-refractivity contribution < 1.29 is 27.6 Å². The molecular weight excluding hydrogens is 568 g/mol. The lowest BCUT2D eigenvalue weighted by Crippen LogP contribution is -2.55. The number of ether oxygens (including phenoxy) is 1. The minimum Gasteiger partial charge on any atom is -0.389 e. The summed E-state index contributed by atoms with van der Waals surface area (Å²) in [5, 5.41) is 7.09. The smallest absolute Gasteiger partial charge is 0.319 e. The van der Waals surface area contributed by atoms with Gasteiger partial charge in [-0.25, -0.2) is 18.2 Å². The molecule has 0 spiro atoms. The second-order valence-electron chi connectivity index (χ2n) is 10.8. The van der Waals surface area contributed by atoms with Crippen LogP contribution in [-0.4, -0.2) is 110 Å². The van der Waals surface area contributed by atoms with E-state index in [1.54, 1.807) is 37.3 Å². The fourth-order valence-electron chi connectivity index (χ4n) is 4.85. The third kappa shape index (κ3) is 7.05. The van der Waals surface area contributed by atoms with Crippen LogP contribution in [0.4, 0.5) is 9.93 Å². The van der Waals surface area contributed by atoms with E-state index < -0.39 is 15.7 Å². The topological polar surface area (TPSA) is 134 Å². The lowest BCUT2D eigenvalue weighted by molar-refractivity contribution is -0.110. The predicted molar refractivity (Wildman–Crippen MR) is 155 cm³/mol. The fourth-order valence-corrected chi connectivity index (χ4v) is 7.36. The first-order chi connectivity index (χ1) is 19.6. The van der Waals surface area contributed by atoms with E-state index >= 15 is 0 Å². The number of nitrogens with zero attached hydrogens (tertiary/aromatic N) is 5. The molecule has 2 saturated heterocycles. The number of amides is 3. The molecule has 1 aromatic heterocycles. The number of piperazine rings is 1. The first-order valence-corrected chi connectivity index (χ1v) is 16.1. The van der Waals surface area contributed by atoms with Crippen LogP contribution >= 0.6 is 11.3 Å². The standard InChI is InChI=1S/C27H36N6O6S2/c1-18-15-32(11-12-33(18)27(35)31(2)3)16-21-14-28-26(40-21)29-25(34)24(30-39-20-10-13-38-17-20)19-4-6-22(7-5-19)41(36,37)23-8-9-23/h4-7,14,18,20,23H,8-13,15-17H2,1-3H3,(H,28,29,34)/t18-,20+/m0/s1. The molecule has 12 nitrogen and oxygen atoms in total. The van der Waals surface area contributed by atoms with Gasteiger partial charge in [0.25, 0.3) is 5.91 Å². The molecule has 2 aliphatic heterocycles. The number of rotatable bonds is 9. The van der Waals surface area contributed by atoms with Crippen molar-refractivity contribution in [1.29, 1.82) is 0 Å². The summed E-state index contributed by atoms with van der Waals surface area (Å²) in [6, 6.07) is 6.29. The minimum atomic E-state index is -3.35. The first kappa shape index (κ1) is 29.4. The van der Waals surface area contributed by atoms with Crippen molar-refractivity contribution >= 4 is 44.0 Å². The lowest BCUT2D eigenvalue weighted by Gasteiger charge is -2.40. The Kier molecular flexibility index (Phi) is 8.92. The SMILES string of the molecule is C[C@H]1CN(Cc2cnc(NC(=O)C(=NO[C@@H]3CCOC3)c3ccc(S(=O)(=O)C4CC4)cc3)s2)CCN1C(=O)N(C)C. The summed E-state index contributed by atoms with van der Waals surface area (Å²) < 4.78 is 30.6. The minimum absolute atomic E-state index is 0.0148. The molecule has 0 radical (unpaired) electrons. The van der Waals surface area contributed by atoms with E-state index in [0.29, 0.717) is 56.3 Å². The van der Waals surface area contributed by atoms with Crippen molar-refractivity contribution in [3.05, 3.63) is 40.9 Å². The van der Waals surface area contributed by atoms with Gasteiger partial charge in [0.05, 0.1) is 23.4 Å². The molecular formula is C27H36N6O6S2. The second-order valence-corrected chi connectivity index (χ2v) is 14.2. The Morgan fingerprint density at radius 2 is 1.95 bits per heavy atom. The quantitative estimate of drug-likeness (QED) is 0.341. The molecule has 3 fully saturated rings. The Morgan fingerprint density at radius 1 is 1.20 bits per heavy atom. The van der Waals surface area contributed by atoms with E-state index in [1.165, 1.54) is 23.5 Å². The maximum Gasteiger partial charge on any atom is 0.319 e. The molecule has 3 heterocycles. The van der Waals surface area contributed by atoms with Gasteiger partial charge in [-0.05, 0) is 31.9 Å². The van der Waals surface area contributed by atoms with Crippen LogP contribution in [-0.2, 0) is 30.8 Å². The normalized spacial score (nSPS) is 22.0. The van der Waals surface area contributed by atoms with Gasteiger partial charge >= 0.3 is 6.03 Å². The van der Waals surface area contributed by atoms with Crippen LogP contribution in [0.1, 0.15) is 36.6 Å². The van der Waals surface area contributed by atoms with Crippen molar-refractivity contribution in [3.8, 4) is 0 Å². The van der Waals surface area contributed by atoms with Gasteiger partial charge in [-0.1, -0.05) is 17.3 Å². The summed E-state index contributed by atoms with van der Waals surface area (Å²) in [6.45, 7) is 5.79. The van der Waals surface area contributed by atoms with E-state index in [4.69, 9.17) is 9.57 Å². The molecule has 2 aromatic rings. The van der Waals surface area contributed by atoms with Gasteiger partial charge in [0, 0.05) is 69.4 Å². The molecule has 5 rings (SSSR count). The van der Waals surface area contributed by atoms with Gasteiger partial charge in [0.15, 0.2) is 26.8 Å². The molecule has 0 unspecified atom stereocenters. The molecule has 3 amide bonds. The maximum atomic E-state index is 13.4. The Labute approximate surface area is 244 Å². The number of nitrogens with one attached hydrogen (secondary N) is 1. The summed E-state index contributed by atoms with van der Waals surface area (Å²) in [7, 11) is 0.168. The first-order valence-electron chi connectivity index (χ1n) is 13.7. The van der Waals surface area contributed by atoms with E-state index in [-0.39, 0.29) is 34.0 Å². The van der Waals surface area contributed by atoms with Crippen LogP contribution in [0.3, 0.4) is 0 Å². The summed E-state index contributed by atoms with van der Waals surface area (Å²) in [4.78, 5) is 42.7. The average molecular weight is 605 g/mol. The van der Waals surface area contributed by atoms with Gasteiger partial charge in [-0.3, -0.25) is 15.0 Å². The van der Waals surface area contributed by atoms with Crippen molar-refractivity contribution in [2.45, 2.75) is 55.0 Å². The Morgan fingerprint density at radius 3 is 2.59 bits per heavy atom. The highest BCUT2D eigenvalue weighted by Crippen LogP contribution is 2.33. The number of urea groups is 1. The van der Waals surface area contributed by atoms with Crippen LogP contribution in [0.25, 0.3) is 0 Å². The predicted octanol–water partition coefficient (Wildman–Crippen LogP) is 2.42. The number of carbonyl (C=O) groups excluding carboxylic acids is 2. The van der Waals surface area contributed by atoms with E-state index in [0.717, 1.165) is 18.0 Å². The number of thiazole rings is 1. The number of hydrogen-bond donors (Lipinski definition) is 1. The van der Waals surface area contributed by atoms with Crippen LogP contribution in [0.5, 0.6) is 0 Å². The lowest BCUT2D eigenvalue weighted by atomic mass is 10.1. The van der Waals surface area contributed by atoms with Crippen molar-refractivity contribution in [1.82, 2.24) is 19.7 Å². The maximum absolute atomic E-state index is 13.4. The number of benzene rings is 1. The highest BCUT2D eigenvalue weighted by Gasteiger charge is 2.37. The summed E-state index contributed by atoms with van der Waals surface area (Å²) >= 11 is 1.37. The highest BCUT2D eigenvalue weighted by molar-refractivity contribution is 7.92. The van der Waals surface area contributed by atoms with Gasteiger partial charge < -0.3 is 19.4 Å². The van der Waals surface area contributed by atoms with Gasteiger partial charge in [0.1, 0.15) is 0 Å². The summed E-state index contributed by atoms with van der Waals surface area (Å²) in [6.07, 6.45) is 3.51. The zero-order valence-electron chi connectivity index (χ0n) is 23.5. The van der Waals surface area contributed by atoms with E-state index in [9.17, 15) is 18.0 Å². The molecule has 1 saturated carbocycles. The van der Waals surface area contributed by atoms with Crippen molar-refractivity contribution in [2.24, 2.45) is 5.16 Å². The monoisotopic (exact) mass is 604 g/mol. The molecule has 1 aliphatic carbocycles. The third-order valence-electron chi connectivity index (χ3n) is 7.31. The van der Waals surface area contributed by atoms with Gasteiger partial charge in [0.2, 0.25) is 0 Å². The van der Waals surface area contributed by atoms with E-state index in [1.807, 2.05) is 11.8 Å². The van der Waals surface area contributed by atoms with Gasteiger partial charge in [-0.2, -0.15) is 0 Å². The summed E-state index contributed by atoms with van der Waals surface area (Å²) in [5.74, 6) is -0.507. The number of carbonyl (C=O) groups is 2. The number of anilines is 1. The third-order valence-corrected chi connectivity index (χ3v) is 10.5. The largest absolute Gasteiger partial charge is 0.389 e. The Hall–Kier alpha value is -3.07. The zero-order valence-corrected chi connectivity index (χ0v) is 25.1. The molecule has 222 valence electrons. The number of oxime groups is 1. The highest BCUT2D eigenvalue weighted by atomic mass is 32.2. The molecule has 1 N–H and O–H groups in total. The molecule has 14 heteroatoms. The molecule has 1 aromatic carbocycles. The molecule has 3 aliphatic rings. The van der Waals surface area contributed by atoms with Crippen LogP contribution in [0.15, 0.2) is 40.5 Å². The number of aromatic nitrogens is 1.